The molecule has 0 heterocycles. The maximum atomic E-state index is 6.08. The second-order valence-corrected chi connectivity index (χ2v) is 12.0. The lowest BCUT2D eigenvalue weighted by Crippen LogP contribution is -2.29. The van der Waals surface area contributed by atoms with Crippen molar-refractivity contribution >= 4 is 0 Å². The van der Waals surface area contributed by atoms with Crippen LogP contribution in [0.3, 0.4) is 0 Å². The van der Waals surface area contributed by atoms with Crippen molar-refractivity contribution in [1.82, 2.24) is 9.80 Å². The van der Waals surface area contributed by atoms with Crippen LogP contribution >= 0.6 is 0 Å². The Morgan fingerprint density at radius 2 is 0.714 bits per heavy atom. The molecular formula is C38H64N2O2. The fourth-order valence-corrected chi connectivity index (χ4v) is 5.37. The summed E-state index contributed by atoms with van der Waals surface area (Å²) >= 11 is 0. The molecule has 0 aliphatic heterocycles. The molecule has 0 saturated heterocycles. The third kappa shape index (κ3) is 16.8. The van der Waals surface area contributed by atoms with E-state index in [2.05, 4.69) is 86.0 Å². The van der Waals surface area contributed by atoms with Crippen LogP contribution in [0.25, 0.3) is 11.1 Å². The predicted octanol–water partition coefficient (Wildman–Crippen LogP) is 9.75. The van der Waals surface area contributed by atoms with Gasteiger partial charge in [0.2, 0.25) is 0 Å². The molecule has 0 aliphatic carbocycles. The van der Waals surface area contributed by atoms with Gasteiger partial charge in [0.15, 0.2) is 0 Å². The summed E-state index contributed by atoms with van der Waals surface area (Å²) in [6.07, 6.45) is 15.6. The van der Waals surface area contributed by atoms with Crippen LogP contribution in [0.1, 0.15) is 116 Å². The Bertz CT molecular complexity index is 774. The number of rotatable bonds is 27. The molecule has 0 unspecified atom stereocenters. The first kappa shape index (κ1) is 36.5. The van der Waals surface area contributed by atoms with Crippen LogP contribution in [0.2, 0.25) is 0 Å². The predicted molar refractivity (Wildman–Crippen MR) is 182 cm³/mol. The van der Waals surface area contributed by atoms with E-state index in [1.54, 1.807) is 0 Å². The summed E-state index contributed by atoms with van der Waals surface area (Å²) in [5.41, 5.74) is 4.98. The Labute approximate surface area is 260 Å². The van der Waals surface area contributed by atoms with Crippen LogP contribution in [0.15, 0.2) is 48.5 Å². The van der Waals surface area contributed by atoms with E-state index < -0.39 is 0 Å². The lowest BCUT2D eigenvalue weighted by Gasteiger charge is -2.22. The fourth-order valence-electron chi connectivity index (χ4n) is 5.37. The van der Waals surface area contributed by atoms with Crippen LogP contribution < -0.4 is 0 Å². The summed E-state index contributed by atoms with van der Waals surface area (Å²) in [5.74, 6) is 0. The van der Waals surface area contributed by atoms with E-state index in [1.165, 1.54) is 125 Å². The van der Waals surface area contributed by atoms with E-state index in [0.29, 0.717) is 13.2 Å². The topological polar surface area (TPSA) is 24.9 Å². The minimum Gasteiger partial charge on any atom is -0.375 e. The van der Waals surface area contributed by atoms with Crippen molar-refractivity contribution in [3.05, 3.63) is 59.7 Å². The molecule has 238 valence electrons. The Hall–Kier alpha value is -1.72. The average molecular weight is 581 g/mol. The molecule has 0 fully saturated rings. The Morgan fingerprint density at radius 3 is 1.00 bits per heavy atom. The molecule has 0 bridgehead atoms. The Kier molecular flexibility index (Phi) is 21.4. The normalized spacial score (nSPS) is 11.7. The standard InChI is InChI=1S/C38H64N2O2/c1-5-9-13-25-39(26-14-10-6-2)29-31-41-33-35-17-21-37(22-18-35)38-23-19-36(20-24-38)34-42-32-30-40(27-15-11-7-3)28-16-12-8-4/h17-24H,5-16,25-34H2,1-4H3. The molecule has 0 spiro atoms. The molecule has 0 amide bonds. The first-order valence-electron chi connectivity index (χ1n) is 17.5. The van der Waals surface area contributed by atoms with E-state index in [1.807, 2.05) is 0 Å². The van der Waals surface area contributed by atoms with Gasteiger partial charge < -0.3 is 19.3 Å². The third-order valence-electron chi connectivity index (χ3n) is 8.19. The molecule has 4 heteroatoms. The average Bonchev–Trinajstić information content (AvgIpc) is 3.02. The summed E-state index contributed by atoms with van der Waals surface area (Å²) in [5, 5.41) is 0. The maximum absolute atomic E-state index is 6.08. The molecule has 2 rings (SSSR count). The van der Waals surface area contributed by atoms with Crippen LogP contribution in [0, 0.1) is 0 Å². The fraction of sp³-hybridized carbons (Fsp3) is 0.684. The van der Waals surface area contributed by atoms with E-state index in [9.17, 15) is 0 Å². The lowest BCUT2D eigenvalue weighted by atomic mass is 10.0. The highest BCUT2D eigenvalue weighted by molar-refractivity contribution is 5.63. The van der Waals surface area contributed by atoms with Gasteiger partial charge in [0.25, 0.3) is 0 Å². The van der Waals surface area contributed by atoms with Crippen molar-refractivity contribution in [2.75, 3.05) is 52.5 Å². The zero-order valence-corrected chi connectivity index (χ0v) is 27.9. The van der Waals surface area contributed by atoms with Gasteiger partial charge in [0.05, 0.1) is 26.4 Å². The van der Waals surface area contributed by atoms with Crippen LogP contribution in [-0.2, 0) is 22.7 Å². The number of benzene rings is 2. The summed E-state index contributed by atoms with van der Waals surface area (Å²) in [6, 6.07) is 17.7. The SMILES string of the molecule is CCCCCN(CCCCC)CCOCc1ccc(-c2ccc(COCCN(CCCCC)CCCCC)cc2)cc1. The number of unbranched alkanes of at least 4 members (excludes halogenated alkanes) is 8. The summed E-state index contributed by atoms with van der Waals surface area (Å²) in [6.45, 7) is 19.0. The maximum Gasteiger partial charge on any atom is 0.0717 e. The van der Waals surface area contributed by atoms with Crippen LogP contribution in [-0.4, -0.2) is 62.3 Å². The van der Waals surface area contributed by atoms with Crippen LogP contribution in [0.5, 0.6) is 0 Å². The van der Waals surface area contributed by atoms with Gasteiger partial charge >= 0.3 is 0 Å². The van der Waals surface area contributed by atoms with Gasteiger partial charge in [-0.3, -0.25) is 0 Å². The van der Waals surface area contributed by atoms with Crippen molar-refractivity contribution in [2.24, 2.45) is 0 Å². The Morgan fingerprint density at radius 1 is 0.405 bits per heavy atom. The minimum absolute atomic E-state index is 0.683. The second kappa shape index (κ2) is 24.7. The largest absolute Gasteiger partial charge is 0.375 e. The van der Waals surface area contributed by atoms with Crippen molar-refractivity contribution in [2.45, 2.75) is 118 Å². The van der Waals surface area contributed by atoms with Gasteiger partial charge in [-0.2, -0.15) is 0 Å². The highest BCUT2D eigenvalue weighted by Gasteiger charge is 2.07. The second-order valence-electron chi connectivity index (χ2n) is 12.0. The first-order valence-corrected chi connectivity index (χ1v) is 17.5. The molecule has 0 aromatic heterocycles. The van der Waals surface area contributed by atoms with Crippen molar-refractivity contribution in [3.8, 4) is 11.1 Å². The third-order valence-corrected chi connectivity index (χ3v) is 8.19. The van der Waals surface area contributed by atoms with E-state index in [0.717, 1.165) is 26.3 Å². The van der Waals surface area contributed by atoms with Crippen molar-refractivity contribution in [1.29, 1.82) is 0 Å². The highest BCUT2D eigenvalue weighted by Crippen LogP contribution is 2.21. The van der Waals surface area contributed by atoms with Crippen LogP contribution in [0.4, 0.5) is 0 Å². The zero-order valence-electron chi connectivity index (χ0n) is 27.9. The molecule has 2 aromatic carbocycles. The molecular weight excluding hydrogens is 516 g/mol. The monoisotopic (exact) mass is 580 g/mol. The minimum atomic E-state index is 0.683. The zero-order chi connectivity index (χ0) is 30.1. The number of nitrogens with zero attached hydrogens (tertiary/aromatic N) is 2. The van der Waals surface area contributed by atoms with E-state index in [4.69, 9.17) is 9.47 Å². The highest BCUT2D eigenvalue weighted by atomic mass is 16.5. The molecule has 0 saturated carbocycles. The number of hydrogen-bond acceptors (Lipinski definition) is 4. The first-order chi connectivity index (χ1) is 20.7. The smallest absolute Gasteiger partial charge is 0.0717 e. The summed E-state index contributed by atoms with van der Waals surface area (Å²) in [4.78, 5) is 5.20. The van der Waals surface area contributed by atoms with Gasteiger partial charge in [-0.25, -0.2) is 0 Å². The van der Waals surface area contributed by atoms with Gasteiger partial charge in [-0.15, -0.1) is 0 Å². The van der Waals surface area contributed by atoms with Gasteiger partial charge in [0.1, 0.15) is 0 Å². The molecule has 0 radical (unpaired) electrons. The quantitative estimate of drug-likeness (QED) is 0.0982. The van der Waals surface area contributed by atoms with E-state index in [-0.39, 0.29) is 0 Å². The number of ether oxygens (including phenoxy) is 2. The summed E-state index contributed by atoms with van der Waals surface area (Å²) in [7, 11) is 0. The molecule has 2 aromatic rings. The van der Waals surface area contributed by atoms with Gasteiger partial charge in [0, 0.05) is 13.1 Å². The molecule has 0 aliphatic rings. The lowest BCUT2D eigenvalue weighted by molar-refractivity contribution is 0.0912. The number of hydrogen-bond donors (Lipinski definition) is 0. The van der Waals surface area contributed by atoms with Gasteiger partial charge in [-0.1, -0.05) is 128 Å². The van der Waals surface area contributed by atoms with E-state index >= 15 is 0 Å². The van der Waals surface area contributed by atoms with Crippen molar-refractivity contribution in [3.63, 3.8) is 0 Å². The van der Waals surface area contributed by atoms with Crippen molar-refractivity contribution < 1.29 is 9.47 Å². The molecule has 42 heavy (non-hydrogen) atoms. The molecule has 0 N–H and O–H groups in total. The molecule has 4 nitrogen and oxygen atoms in total. The Balaban J connectivity index is 1.71. The summed E-state index contributed by atoms with van der Waals surface area (Å²) < 4.78 is 12.2. The van der Waals surface area contributed by atoms with Gasteiger partial charge in [-0.05, 0) is 74.1 Å². The molecule has 0 atom stereocenters.